The Morgan fingerprint density at radius 1 is 1.20 bits per heavy atom. The van der Waals surface area contributed by atoms with E-state index in [1.165, 1.54) is 25.7 Å². The molecule has 0 spiro atoms. The van der Waals surface area contributed by atoms with E-state index in [4.69, 9.17) is 4.74 Å². The van der Waals surface area contributed by atoms with Crippen LogP contribution in [0.2, 0.25) is 0 Å². The molecule has 2 aliphatic rings. The van der Waals surface area contributed by atoms with Gasteiger partial charge in [-0.3, -0.25) is 0 Å². The van der Waals surface area contributed by atoms with Crippen molar-refractivity contribution in [3.05, 3.63) is 0 Å². The molecule has 1 heterocycles. The summed E-state index contributed by atoms with van der Waals surface area (Å²) < 4.78 is 5.40. The number of hydrogen-bond acceptors (Lipinski definition) is 3. The molecule has 1 saturated carbocycles. The third kappa shape index (κ3) is 2.92. The van der Waals surface area contributed by atoms with Gasteiger partial charge in [-0.15, -0.1) is 0 Å². The van der Waals surface area contributed by atoms with E-state index in [9.17, 15) is 0 Å². The molecular formula is C12H24N2O. The van der Waals surface area contributed by atoms with Crippen LogP contribution < -0.4 is 10.6 Å². The van der Waals surface area contributed by atoms with E-state index < -0.39 is 0 Å². The fraction of sp³-hybridized carbons (Fsp3) is 1.00. The molecule has 0 aromatic heterocycles. The zero-order valence-corrected chi connectivity index (χ0v) is 10.1. The van der Waals surface area contributed by atoms with E-state index in [1.807, 2.05) is 7.11 Å². The van der Waals surface area contributed by atoms with Gasteiger partial charge in [-0.1, -0.05) is 0 Å². The van der Waals surface area contributed by atoms with Crippen LogP contribution in [0.1, 0.15) is 32.6 Å². The smallest absolute Gasteiger partial charge is 0.0531 e. The molecular weight excluding hydrogens is 188 g/mol. The van der Waals surface area contributed by atoms with Crippen LogP contribution in [0.3, 0.4) is 0 Å². The summed E-state index contributed by atoms with van der Waals surface area (Å²) in [5.41, 5.74) is 0.831. The lowest BCUT2D eigenvalue weighted by molar-refractivity contribution is 0.0511. The third-order valence-electron chi connectivity index (χ3n) is 4.00. The molecule has 15 heavy (non-hydrogen) atoms. The highest BCUT2D eigenvalue weighted by Gasteiger charge is 2.40. The maximum absolute atomic E-state index is 5.40. The largest absolute Gasteiger partial charge is 0.384 e. The Hall–Kier alpha value is -0.120. The molecule has 1 aliphatic carbocycles. The van der Waals surface area contributed by atoms with Crippen molar-refractivity contribution in [2.24, 2.45) is 5.41 Å². The minimum absolute atomic E-state index is 0.381. The summed E-state index contributed by atoms with van der Waals surface area (Å²) in [5, 5.41) is 7.15. The molecule has 3 nitrogen and oxygen atoms in total. The van der Waals surface area contributed by atoms with E-state index in [-0.39, 0.29) is 0 Å². The molecule has 0 radical (unpaired) electrons. The Kier molecular flexibility index (Phi) is 3.33. The topological polar surface area (TPSA) is 33.3 Å². The van der Waals surface area contributed by atoms with Crippen molar-refractivity contribution in [2.75, 3.05) is 33.4 Å². The van der Waals surface area contributed by atoms with Gasteiger partial charge in [0.2, 0.25) is 0 Å². The van der Waals surface area contributed by atoms with Crippen LogP contribution in [-0.4, -0.2) is 38.9 Å². The summed E-state index contributed by atoms with van der Waals surface area (Å²) in [4.78, 5) is 0. The van der Waals surface area contributed by atoms with E-state index in [2.05, 4.69) is 17.6 Å². The predicted molar refractivity (Wildman–Crippen MR) is 62.1 cm³/mol. The first-order valence-electron chi connectivity index (χ1n) is 6.13. The van der Waals surface area contributed by atoms with Gasteiger partial charge in [-0.25, -0.2) is 0 Å². The fourth-order valence-corrected chi connectivity index (χ4v) is 2.40. The molecule has 88 valence electrons. The van der Waals surface area contributed by atoms with Crippen LogP contribution in [0, 0.1) is 5.41 Å². The molecule has 0 aromatic rings. The van der Waals surface area contributed by atoms with Crippen LogP contribution in [0.25, 0.3) is 0 Å². The standard InChI is InChI=1S/C12H24N2O/c1-11(3-4-11)14-9-12(10-15-2)5-7-13-8-6-12/h13-14H,3-10H2,1-2H3. The molecule has 0 amide bonds. The maximum atomic E-state index is 5.40. The molecule has 2 N–H and O–H groups in total. The van der Waals surface area contributed by atoms with Crippen molar-refractivity contribution in [1.29, 1.82) is 0 Å². The lowest BCUT2D eigenvalue weighted by atomic mass is 9.79. The Morgan fingerprint density at radius 2 is 1.87 bits per heavy atom. The molecule has 2 fully saturated rings. The lowest BCUT2D eigenvalue weighted by Crippen LogP contribution is -2.48. The predicted octanol–water partition coefficient (Wildman–Crippen LogP) is 1.14. The second kappa shape index (κ2) is 4.40. The Morgan fingerprint density at radius 3 is 2.40 bits per heavy atom. The van der Waals surface area contributed by atoms with Gasteiger partial charge in [0.15, 0.2) is 0 Å². The molecule has 0 unspecified atom stereocenters. The van der Waals surface area contributed by atoms with E-state index >= 15 is 0 Å². The number of nitrogens with one attached hydrogen (secondary N) is 2. The van der Waals surface area contributed by atoms with Crippen LogP contribution in [0.5, 0.6) is 0 Å². The van der Waals surface area contributed by atoms with Gasteiger partial charge in [0.05, 0.1) is 6.61 Å². The van der Waals surface area contributed by atoms with E-state index in [0.717, 1.165) is 26.2 Å². The van der Waals surface area contributed by atoms with Crippen LogP contribution >= 0.6 is 0 Å². The van der Waals surface area contributed by atoms with Crippen LogP contribution in [0.4, 0.5) is 0 Å². The molecule has 1 aliphatic heterocycles. The summed E-state index contributed by atoms with van der Waals surface area (Å²) in [6, 6.07) is 0. The summed E-state index contributed by atoms with van der Waals surface area (Å²) in [7, 11) is 1.82. The van der Waals surface area contributed by atoms with Gasteiger partial charge in [0.1, 0.15) is 0 Å². The van der Waals surface area contributed by atoms with Gasteiger partial charge >= 0.3 is 0 Å². The van der Waals surface area contributed by atoms with Crippen molar-refractivity contribution in [3.8, 4) is 0 Å². The van der Waals surface area contributed by atoms with E-state index in [0.29, 0.717) is 11.0 Å². The second-order valence-electron chi connectivity index (χ2n) is 5.60. The molecule has 0 aromatic carbocycles. The Bertz CT molecular complexity index is 202. The van der Waals surface area contributed by atoms with Gasteiger partial charge in [0, 0.05) is 24.6 Å². The summed E-state index contributed by atoms with van der Waals surface area (Å²) >= 11 is 0. The molecule has 2 rings (SSSR count). The van der Waals surface area contributed by atoms with Crippen LogP contribution in [0.15, 0.2) is 0 Å². The first kappa shape index (κ1) is 11.4. The number of hydrogen-bond donors (Lipinski definition) is 2. The summed E-state index contributed by atoms with van der Waals surface area (Å²) in [5.74, 6) is 0. The van der Waals surface area contributed by atoms with Gasteiger partial charge in [0.25, 0.3) is 0 Å². The third-order valence-corrected chi connectivity index (χ3v) is 4.00. The fourth-order valence-electron chi connectivity index (χ4n) is 2.40. The number of rotatable bonds is 5. The number of ether oxygens (including phenoxy) is 1. The monoisotopic (exact) mass is 212 g/mol. The first-order chi connectivity index (χ1) is 7.18. The lowest BCUT2D eigenvalue weighted by Gasteiger charge is -2.38. The minimum atomic E-state index is 0.381. The van der Waals surface area contributed by atoms with Crippen LogP contribution in [-0.2, 0) is 4.74 Å². The van der Waals surface area contributed by atoms with Gasteiger partial charge < -0.3 is 15.4 Å². The Labute approximate surface area is 93.0 Å². The van der Waals surface area contributed by atoms with Crippen molar-refractivity contribution in [2.45, 2.75) is 38.1 Å². The highest BCUT2D eigenvalue weighted by molar-refractivity contribution is 4.99. The zero-order valence-electron chi connectivity index (χ0n) is 10.1. The normalized spacial score (nSPS) is 27.6. The molecule has 3 heteroatoms. The van der Waals surface area contributed by atoms with Crippen molar-refractivity contribution >= 4 is 0 Å². The zero-order chi connectivity index (χ0) is 10.8. The number of methoxy groups -OCH3 is 1. The van der Waals surface area contributed by atoms with Crippen molar-refractivity contribution in [1.82, 2.24) is 10.6 Å². The van der Waals surface area contributed by atoms with Gasteiger partial charge in [-0.05, 0) is 45.7 Å². The summed E-state index contributed by atoms with van der Waals surface area (Å²) in [6.07, 6.45) is 5.16. The molecule has 1 saturated heterocycles. The highest BCUT2D eigenvalue weighted by Crippen LogP contribution is 2.36. The van der Waals surface area contributed by atoms with Crippen molar-refractivity contribution in [3.63, 3.8) is 0 Å². The Balaban J connectivity index is 1.86. The SMILES string of the molecule is COCC1(CNC2(C)CC2)CCNCC1. The average Bonchev–Trinajstić information content (AvgIpc) is 2.97. The molecule has 0 atom stereocenters. The second-order valence-corrected chi connectivity index (χ2v) is 5.60. The average molecular weight is 212 g/mol. The van der Waals surface area contributed by atoms with E-state index in [1.54, 1.807) is 0 Å². The molecule has 0 bridgehead atoms. The quantitative estimate of drug-likeness (QED) is 0.717. The number of piperidine rings is 1. The summed E-state index contributed by atoms with van der Waals surface area (Å²) in [6.45, 7) is 6.63. The van der Waals surface area contributed by atoms with Gasteiger partial charge in [-0.2, -0.15) is 0 Å². The first-order valence-corrected chi connectivity index (χ1v) is 6.13. The minimum Gasteiger partial charge on any atom is -0.384 e. The van der Waals surface area contributed by atoms with Crippen molar-refractivity contribution < 1.29 is 4.74 Å². The maximum Gasteiger partial charge on any atom is 0.0531 e. The highest BCUT2D eigenvalue weighted by atomic mass is 16.5.